The van der Waals surface area contributed by atoms with Crippen LogP contribution in [0.4, 0.5) is 0 Å². The number of aromatic amines is 1. The number of ether oxygens (including phenoxy) is 4. The third-order valence-electron chi connectivity index (χ3n) is 5.10. The first kappa shape index (κ1) is 22.7. The van der Waals surface area contributed by atoms with Gasteiger partial charge in [0.05, 0.1) is 39.3 Å². The summed E-state index contributed by atoms with van der Waals surface area (Å²) in [5.41, 5.74) is 5.48. The molecule has 9 heteroatoms. The van der Waals surface area contributed by atoms with Crippen molar-refractivity contribution in [2.75, 3.05) is 21.3 Å². The predicted molar refractivity (Wildman–Crippen MR) is 128 cm³/mol. The quantitative estimate of drug-likeness (QED) is 0.290. The number of rotatable bonds is 9. The molecule has 0 radical (unpaired) electrons. The third-order valence-corrected chi connectivity index (χ3v) is 5.10. The van der Waals surface area contributed by atoms with E-state index >= 15 is 0 Å². The van der Waals surface area contributed by atoms with Crippen LogP contribution >= 0.6 is 0 Å². The van der Waals surface area contributed by atoms with Gasteiger partial charge in [-0.2, -0.15) is 5.10 Å². The number of carbonyl (C=O) groups is 1. The first-order chi connectivity index (χ1) is 16.6. The number of hydrazone groups is 1. The second kappa shape index (κ2) is 10.4. The minimum atomic E-state index is -0.427. The molecule has 9 nitrogen and oxygen atoms in total. The van der Waals surface area contributed by atoms with Crippen molar-refractivity contribution < 1.29 is 23.7 Å². The molecule has 1 amide bonds. The molecular weight excluding hydrogens is 436 g/mol. The van der Waals surface area contributed by atoms with Crippen molar-refractivity contribution in [2.24, 2.45) is 5.10 Å². The lowest BCUT2D eigenvalue weighted by atomic mass is 10.1. The van der Waals surface area contributed by atoms with Crippen LogP contribution in [0.15, 0.2) is 66.0 Å². The van der Waals surface area contributed by atoms with Gasteiger partial charge in [0, 0.05) is 28.8 Å². The fourth-order valence-corrected chi connectivity index (χ4v) is 3.38. The summed E-state index contributed by atoms with van der Waals surface area (Å²) in [6.07, 6.45) is 5.03. The highest BCUT2D eigenvalue weighted by molar-refractivity contribution is 6.00. The topological polar surface area (TPSA) is 107 Å². The second-order valence-electron chi connectivity index (χ2n) is 7.20. The van der Waals surface area contributed by atoms with Crippen LogP contribution in [-0.4, -0.2) is 43.4 Å². The van der Waals surface area contributed by atoms with Crippen LogP contribution in [-0.2, 0) is 6.61 Å². The zero-order valence-corrected chi connectivity index (χ0v) is 19.0. The number of nitrogens with one attached hydrogen (secondary N) is 2. The number of amides is 1. The van der Waals surface area contributed by atoms with Gasteiger partial charge in [0.15, 0.2) is 11.5 Å². The average Bonchev–Trinajstić information content (AvgIpc) is 3.29. The van der Waals surface area contributed by atoms with Gasteiger partial charge in [-0.05, 0) is 17.7 Å². The Balaban J connectivity index is 1.47. The lowest BCUT2D eigenvalue weighted by molar-refractivity contribution is 0.0954. The number of aromatic nitrogens is 2. The standard InChI is InChI=1S/C25H24N4O5/c1-31-21-9-17(10-22(32-2)24(21)33-3)25(30)29-28-13-18-12-26-20-14-27-23(11-19(18)20)34-15-16-7-5-4-6-8-16/h4-14,26H,15H2,1-3H3,(H,29,30). The monoisotopic (exact) mass is 460 g/mol. The number of pyridine rings is 1. The molecule has 0 unspecified atom stereocenters. The maximum Gasteiger partial charge on any atom is 0.271 e. The van der Waals surface area contributed by atoms with Crippen molar-refractivity contribution in [2.45, 2.75) is 6.61 Å². The van der Waals surface area contributed by atoms with Crippen LogP contribution in [0.1, 0.15) is 21.5 Å². The minimum absolute atomic E-state index is 0.311. The first-order valence-electron chi connectivity index (χ1n) is 10.4. The van der Waals surface area contributed by atoms with E-state index in [2.05, 4.69) is 20.5 Å². The van der Waals surface area contributed by atoms with Gasteiger partial charge >= 0.3 is 0 Å². The van der Waals surface area contributed by atoms with E-state index in [1.165, 1.54) is 21.3 Å². The molecule has 34 heavy (non-hydrogen) atoms. The summed E-state index contributed by atoms with van der Waals surface area (Å²) in [6, 6.07) is 14.8. The molecule has 0 spiro atoms. The summed E-state index contributed by atoms with van der Waals surface area (Å²) in [7, 11) is 4.47. The maximum atomic E-state index is 12.6. The molecule has 0 atom stereocenters. The molecule has 0 saturated carbocycles. The van der Waals surface area contributed by atoms with E-state index in [1.807, 2.05) is 36.4 Å². The Morgan fingerprint density at radius 3 is 2.47 bits per heavy atom. The summed E-state index contributed by atoms with van der Waals surface area (Å²) < 4.78 is 21.7. The number of hydrogen-bond donors (Lipinski definition) is 2. The fraction of sp³-hybridized carbons (Fsp3) is 0.160. The van der Waals surface area contributed by atoms with Crippen molar-refractivity contribution in [1.29, 1.82) is 0 Å². The second-order valence-corrected chi connectivity index (χ2v) is 7.20. The summed E-state index contributed by atoms with van der Waals surface area (Å²) in [5, 5.41) is 4.96. The number of fused-ring (bicyclic) bond motifs is 1. The molecule has 174 valence electrons. The highest BCUT2D eigenvalue weighted by Gasteiger charge is 2.16. The first-order valence-corrected chi connectivity index (χ1v) is 10.4. The zero-order chi connectivity index (χ0) is 23.9. The molecule has 4 aromatic rings. The molecule has 0 aliphatic rings. The van der Waals surface area contributed by atoms with Gasteiger partial charge in [0.1, 0.15) is 6.61 Å². The lowest BCUT2D eigenvalue weighted by Gasteiger charge is -2.13. The van der Waals surface area contributed by atoms with Gasteiger partial charge < -0.3 is 23.9 Å². The van der Waals surface area contributed by atoms with Gasteiger partial charge in [-0.1, -0.05) is 30.3 Å². The van der Waals surface area contributed by atoms with Crippen molar-refractivity contribution in [3.05, 3.63) is 77.6 Å². The van der Waals surface area contributed by atoms with Crippen molar-refractivity contribution >= 4 is 23.0 Å². The Bertz CT molecular complexity index is 1290. The molecule has 2 heterocycles. The Morgan fingerprint density at radius 2 is 1.79 bits per heavy atom. The summed E-state index contributed by atoms with van der Waals surface area (Å²) >= 11 is 0. The molecule has 2 N–H and O–H groups in total. The van der Waals surface area contributed by atoms with Crippen LogP contribution in [0.2, 0.25) is 0 Å². The SMILES string of the molecule is COc1cc(C(=O)NN=Cc2c[nH]c3cnc(OCc4ccccc4)cc23)cc(OC)c1OC. The van der Waals surface area contributed by atoms with E-state index in [1.54, 1.807) is 30.7 Å². The van der Waals surface area contributed by atoms with E-state index < -0.39 is 5.91 Å². The van der Waals surface area contributed by atoms with Crippen LogP contribution in [0, 0.1) is 0 Å². The minimum Gasteiger partial charge on any atom is -0.493 e. The van der Waals surface area contributed by atoms with Gasteiger partial charge in [0.2, 0.25) is 11.6 Å². The maximum absolute atomic E-state index is 12.6. The van der Waals surface area contributed by atoms with Gasteiger partial charge in [-0.25, -0.2) is 10.4 Å². The Kier molecular flexibility index (Phi) is 6.92. The Morgan fingerprint density at radius 1 is 1.06 bits per heavy atom. The highest BCUT2D eigenvalue weighted by atomic mass is 16.5. The number of hydrogen-bond acceptors (Lipinski definition) is 7. The summed E-state index contributed by atoms with van der Waals surface area (Å²) in [4.78, 5) is 20.1. The zero-order valence-electron chi connectivity index (χ0n) is 19.0. The molecule has 0 saturated heterocycles. The summed E-state index contributed by atoms with van der Waals surface area (Å²) in [5.74, 6) is 1.23. The molecule has 0 bridgehead atoms. The Labute approximate surface area is 196 Å². The molecule has 0 aliphatic heterocycles. The van der Waals surface area contributed by atoms with Crippen LogP contribution in [0.5, 0.6) is 23.1 Å². The average molecular weight is 460 g/mol. The Hall–Kier alpha value is -4.53. The number of H-pyrrole nitrogens is 1. The molecule has 4 rings (SSSR count). The van der Waals surface area contributed by atoms with E-state index in [9.17, 15) is 4.79 Å². The third kappa shape index (κ3) is 4.93. The molecular formula is C25H24N4O5. The van der Waals surface area contributed by atoms with E-state index in [0.717, 1.165) is 22.0 Å². The molecule has 2 aromatic heterocycles. The molecule has 2 aromatic carbocycles. The highest BCUT2D eigenvalue weighted by Crippen LogP contribution is 2.38. The largest absolute Gasteiger partial charge is 0.493 e. The lowest BCUT2D eigenvalue weighted by Crippen LogP contribution is -2.18. The van der Waals surface area contributed by atoms with Crippen LogP contribution < -0.4 is 24.4 Å². The van der Waals surface area contributed by atoms with Crippen molar-refractivity contribution in [3.8, 4) is 23.1 Å². The van der Waals surface area contributed by atoms with E-state index in [-0.39, 0.29) is 0 Å². The van der Waals surface area contributed by atoms with Gasteiger partial charge in [-0.15, -0.1) is 0 Å². The number of nitrogens with zero attached hydrogens (tertiary/aromatic N) is 2. The number of benzene rings is 2. The van der Waals surface area contributed by atoms with Crippen molar-refractivity contribution in [1.82, 2.24) is 15.4 Å². The smallest absolute Gasteiger partial charge is 0.271 e. The fourth-order valence-electron chi connectivity index (χ4n) is 3.38. The summed E-state index contributed by atoms with van der Waals surface area (Å²) in [6.45, 7) is 0.415. The number of carbonyl (C=O) groups excluding carboxylic acids is 1. The molecule has 0 aliphatic carbocycles. The number of methoxy groups -OCH3 is 3. The van der Waals surface area contributed by atoms with E-state index in [0.29, 0.717) is 35.3 Å². The van der Waals surface area contributed by atoms with Crippen LogP contribution in [0.25, 0.3) is 10.9 Å². The van der Waals surface area contributed by atoms with E-state index in [4.69, 9.17) is 18.9 Å². The van der Waals surface area contributed by atoms with Gasteiger partial charge in [0.25, 0.3) is 5.91 Å². The van der Waals surface area contributed by atoms with Gasteiger partial charge in [-0.3, -0.25) is 4.79 Å². The molecule has 0 fully saturated rings. The van der Waals surface area contributed by atoms with Crippen molar-refractivity contribution in [3.63, 3.8) is 0 Å². The normalized spacial score (nSPS) is 10.9. The van der Waals surface area contributed by atoms with Crippen LogP contribution in [0.3, 0.4) is 0 Å². The predicted octanol–water partition coefficient (Wildman–Crippen LogP) is 3.93.